The van der Waals surface area contributed by atoms with Crippen LogP contribution in [0, 0.1) is 12.8 Å². The van der Waals surface area contributed by atoms with Crippen molar-refractivity contribution >= 4 is 12.0 Å². The van der Waals surface area contributed by atoms with Crippen molar-refractivity contribution in [3.8, 4) is 0 Å². The first-order valence-corrected chi connectivity index (χ1v) is 6.10. The van der Waals surface area contributed by atoms with Gasteiger partial charge >= 0.3 is 0 Å². The molecule has 1 aromatic rings. The molecule has 1 aromatic carbocycles. The molecule has 0 aromatic heterocycles. The minimum Gasteiger partial charge on any atom is -0.353 e. The van der Waals surface area contributed by atoms with Crippen molar-refractivity contribution in [2.24, 2.45) is 5.92 Å². The Kier molecular flexibility index (Phi) is 5.47. The van der Waals surface area contributed by atoms with Crippen LogP contribution in [0.2, 0.25) is 0 Å². The van der Waals surface area contributed by atoms with Crippen LogP contribution in [0.3, 0.4) is 0 Å². The molecular formula is C15H21NO. The quantitative estimate of drug-likeness (QED) is 0.775. The first-order valence-electron chi connectivity index (χ1n) is 6.10. The number of carbonyl (C=O) groups is 1. The normalized spacial score (nSPS) is 11.1. The third kappa shape index (κ3) is 5.91. The third-order valence-electron chi connectivity index (χ3n) is 2.53. The Bertz CT molecular complexity index is 376. The third-order valence-corrected chi connectivity index (χ3v) is 2.53. The van der Waals surface area contributed by atoms with Crippen LogP contribution in [0.25, 0.3) is 6.08 Å². The Labute approximate surface area is 104 Å². The Balaban J connectivity index is 2.37. The van der Waals surface area contributed by atoms with Crippen LogP contribution in [0.4, 0.5) is 0 Å². The molecule has 0 aliphatic carbocycles. The van der Waals surface area contributed by atoms with Gasteiger partial charge in [-0.3, -0.25) is 4.79 Å². The van der Waals surface area contributed by atoms with Gasteiger partial charge in [0.15, 0.2) is 0 Å². The van der Waals surface area contributed by atoms with E-state index >= 15 is 0 Å². The Morgan fingerprint density at radius 3 is 2.53 bits per heavy atom. The zero-order valence-electron chi connectivity index (χ0n) is 10.9. The fourth-order valence-electron chi connectivity index (χ4n) is 1.39. The van der Waals surface area contributed by atoms with Crippen LogP contribution in [-0.4, -0.2) is 12.5 Å². The molecule has 0 unspecified atom stereocenters. The molecule has 0 radical (unpaired) electrons. The largest absolute Gasteiger partial charge is 0.353 e. The van der Waals surface area contributed by atoms with Crippen LogP contribution in [-0.2, 0) is 4.79 Å². The number of rotatable bonds is 5. The minimum atomic E-state index is -0.0220. The lowest BCUT2D eigenvalue weighted by atomic mass is 10.1. The summed E-state index contributed by atoms with van der Waals surface area (Å²) in [6.45, 7) is 7.09. The second kappa shape index (κ2) is 6.89. The lowest BCUT2D eigenvalue weighted by molar-refractivity contribution is -0.116. The summed E-state index contributed by atoms with van der Waals surface area (Å²) in [5.74, 6) is 0.600. The molecule has 17 heavy (non-hydrogen) atoms. The molecule has 0 atom stereocenters. The fraction of sp³-hybridized carbons (Fsp3) is 0.400. The molecule has 92 valence electrons. The van der Waals surface area contributed by atoms with E-state index in [9.17, 15) is 4.79 Å². The summed E-state index contributed by atoms with van der Waals surface area (Å²) in [7, 11) is 0. The predicted octanol–water partition coefficient (Wildman–Crippen LogP) is 3.17. The van der Waals surface area contributed by atoms with Gasteiger partial charge in [-0.2, -0.15) is 0 Å². The number of carbonyl (C=O) groups excluding carboxylic acids is 1. The average Bonchev–Trinajstić information content (AvgIpc) is 2.28. The van der Waals surface area contributed by atoms with Crippen molar-refractivity contribution in [3.05, 3.63) is 41.5 Å². The number of aryl methyl sites for hydroxylation is 1. The van der Waals surface area contributed by atoms with Crippen molar-refractivity contribution < 1.29 is 4.79 Å². The van der Waals surface area contributed by atoms with Crippen LogP contribution >= 0.6 is 0 Å². The molecule has 0 bridgehead atoms. The van der Waals surface area contributed by atoms with E-state index in [1.165, 1.54) is 5.56 Å². The maximum atomic E-state index is 11.5. The summed E-state index contributed by atoms with van der Waals surface area (Å²) in [4.78, 5) is 11.5. The molecule has 0 spiro atoms. The van der Waals surface area contributed by atoms with E-state index in [1.807, 2.05) is 37.3 Å². The van der Waals surface area contributed by atoms with Gasteiger partial charge in [0.1, 0.15) is 0 Å². The second-order valence-electron chi connectivity index (χ2n) is 4.72. The van der Waals surface area contributed by atoms with Crippen molar-refractivity contribution in [2.45, 2.75) is 27.2 Å². The highest BCUT2D eigenvalue weighted by atomic mass is 16.1. The number of nitrogens with one attached hydrogen (secondary N) is 1. The van der Waals surface area contributed by atoms with Crippen molar-refractivity contribution in [2.75, 3.05) is 6.54 Å². The van der Waals surface area contributed by atoms with Crippen LogP contribution in [0.5, 0.6) is 0 Å². The topological polar surface area (TPSA) is 29.1 Å². The highest BCUT2D eigenvalue weighted by Crippen LogP contribution is 2.04. The molecule has 0 saturated carbocycles. The summed E-state index contributed by atoms with van der Waals surface area (Å²) in [5.41, 5.74) is 2.28. The van der Waals surface area contributed by atoms with Gasteiger partial charge in [-0.1, -0.05) is 43.7 Å². The summed E-state index contributed by atoms with van der Waals surface area (Å²) in [6.07, 6.45) is 4.44. The van der Waals surface area contributed by atoms with E-state index in [1.54, 1.807) is 6.08 Å². The Hall–Kier alpha value is -1.57. The summed E-state index contributed by atoms with van der Waals surface area (Å²) in [5, 5.41) is 2.87. The molecule has 1 rings (SSSR count). The van der Waals surface area contributed by atoms with Gasteiger partial charge in [0, 0.05) is 12.6 Å². The van der Waals surface area contributed by atoms with Gasteiger partial charge in [0.2, 0.25) is 5.91 Å². The first kappa shape index (κ1) is 13.5. The first-order chi connectivity index (χ1) is 8.08. The highest BCUT2D eigenvalue weighted by molar-refractivity contribution is 5.91. The zero-order valence-corrected chi connectivity index (χ0v) is 10.9. The maximum absolute atomic E-state index is 11.5. The number of hydrogen-bond donors (Lipinski definition) is 1. The lowest BCUT2D eigenvalue weighted by Crippen LogP contribution is -2.23. The number of hydrogen-bond acceptors (Lipinski definition) is 1. The second-order valence-corrected chi connectivity index (χ2v) is 4.72. The van der Waals surface area contributed by atoms with Gasteiger partial charge in [-0.25, -0.2) is 0 Å². The highest BCUT2D eigenvalue weighted by Gasteiger charge is 1.96. The van der Waals surface area contributed by atoms with Crippen LogP contribution in [0.15, 0.2) is 30.3 Å². The zero-order chi connectivity index (χ0) is 12.7. The monoisotopic (exact) mass is 231 g/mol. The minimum absolute atomic E-state index is 0.0220. The smallest absolute Gasteiger partial charge is 0.243 e. The van der Waals surface area contributed by atoms with Crippen molar-refractivity contribution in [1.82, 2.24) is 5.32 Å². The van der Waals surface area contributed by atoms with Gasteiger partial charge in [-0.15, -0.1) is 0 Å². The molecule has 0 saturated heterocycles. The van der Waals surface area contributed by atoms with Crippen LogP contribution in [0.1, 0.15) is 31.4 Å². The van der Waals surface area contributed by atoms with Gasteiger partial charge in [0.05, 0.1) is 0 Å². The van der Waals surface area contributed by atoms with E-state index in [0.717, 1.165) is 18.5 Å². The molecule has 1 amide bonds. The van der Waals surface area contributed by atoms with Gasteiger partial charge < -0.3 is 5.32 Å². The molecule has 2 nitrogen and oxygen atoms in total. The lowest BCUT2D eigenvalue weighted by Gasteiger charge is -2.04. The van der Waals surface area contributed by atoms with Crippen LogP contribution < -0.4 is 5.32 Å². The van der Waals surface area contributed by atoms with Crippen molar-refractivity contribution in [3.63, 3.8) is 0 Å². The molecule has 0 heterocycles. The fourth-order valence-corrected chi connectivity index (χ4v) is 1.39. The van der Waals surface area contributed by atoms with E-state index in [-0.39, 0.29) is 5.91 Å². The summed E-state index contributed by atoms with van der Waals surface area (Å²) in [6, 6.07) is 8.09. The summed E-state index contributed by atoms with van der Waals surface area (Å²) < 4.78 is 0. The van der Waals surface area contributed by atoms with Gasteiger partial charge in [-0.05, 0) is 30.9 Å². The number of amides is 1. The molecule has 0 aliphatic rings. The molecular weight excluding hydrogens is 210 g/mol. The van der Waals surface area contributed by atoms with E-state index < -0.39 is 0 Å². The van der Waals surface area contributed by atoms with Gasteiger partial charge in [0.25, 0.3) is 0 Å². The SMILES string of the molecule is Cc1ccc(/C=C/C(=O)NCCC(C)C)cc1. The predicted molar refractivity (Wildman–Crippen MR) is 72.7 cm³/mol. The van der Waals surface area contributed by atoms with E-state index in [0.29, 0.717) is 5.92 Å². The molecule has 0 fully saturated rings. The van der Waals surface area contributed by atoms with E-state index in [2.05, 4.69) is 19.2 Å². The number of benzene rings is 1. The summed E-state index contributed by atoms with van der Waals surface area (Å²) >= 11 is 0. The average molecular weight is 231 g/mol. The molecule has 0 aliphatic heterocycles. The maximum Gasteiger partial charge on any atom is 0.243 e. The molecule has 1 N–H and O–H groups in total. The Morgan fingerprint density at radius 2 is 1.94 bits per heavy atom. The Morgan fingerprint density at radius 1 is 1.29 bits per heavy atom. The van der Waals surface area contributed by atoms with E-state index in [4.69, 9.17) is 0 Å². The standard InChI is InChI=1S/C15H21NO/c1-12(2)10-11-16-15(17)9-8-14-6-4-13(3)5-7-14/h4-9,12H,10-11H2,1-3H3,(H,16,17)/b9-8+. The van der Waals surface area contributed by atoms with Crippen molar-refractivity contribution in [1.29, 1.82) is 0 Å². The molecule has 2 heteroatoms.